The average molecular weight is 395 g/mol. The molecule has 0 aliphatic carbocycles. The summed E-state index contributed by atoms with van der Waals surface area (Å²) in [5.41, 5.74) is 2.72. The fraction of sp³-hybridized carbons (Fsp3) is 0.250. The highest BCUT2D eigenvalue weighted by Gasteiger charge is 2.17. The molecule has 0 saturated heterocycles. The van der Waals surface area contributed by atoms with Crippen molar-refractivity contribution < 1.29 is 5.11 Å². The maximum absolute atomic E-state index is 10.3. The summed E-state index contributed by atoms with van der Waals surface area (Å²) in [6, 6.07) is 7.72. The van der Waals surface area contributed by atoms with Crippen molar-refractivity contribution in [3.05, 3.63) is 53.2 Å². The zero-order valence-corrected chi connectivity index (χ0v) is 17.0. The van der Waals surface area contributed by atoms with E-state index in [2.05, 4.69) is 33.0 Å². The van der Waals surface area contributed by atoms with E-state index in [-0.39, 0.29) is 0 Å². The van der Waals surface area contributed by atoms with Gasteiger partial charge in [-0.2, -0.15) is 10.1 Å². The minimum atomic E-state index is -0.913. The van der Waals surface area contributed by atoms with Gasteiger partial charge in [-0.1, -0.05) is 12.1 Å². The number of nitrogens with zero attached hydrogens (tertiary/aromatic N) is 4. The maximum Gasteiger partial charge on any atom is 0.230 e. The van der Waals surface area contributed by atoms with Crippen LogP contribution in [0.3, 0.4) is 0 Å². The number of anilines is 4. The number of thiophene rings is 1. The summed E-state index contributed by atoms with van der Waals surface area (Å²) >= 11 is 1.58. The van der Waals surface area contributed by atoms with Crippen LogP contribution in [0.5, 0.6) is 0 Å². The van der Waals surface area contributed by atoms with Crippen molar-refractivity contribution in [2.45, 2.75) is 26.4 Å². The lowest BCUT2D eigenvalue weighted by Crippen LogP contribution is -2.15. The average Bonchev–Trinajstić information content (AvgIpc) is 3.20. The van der Waals surface area contributed by atoms with Gasteiger partial charge in [-0.25, -0.2) is 4.98 Å². The molecule has 3 heterocycles. The Morgan fingerprint density at radius 3 is 2.68 bits per heavy atom. The van der Waals surface area contributed by atoms with E-state index in [1.165, 1.54) is 0 Å². The Morgan fingerprint density at radius 2 is 1.96 bits per heavy atom. The highest BCUT2D eigenvalue weighted by atomic mass is 32.1. The first-order valence-corrected chi connectivity index (χ1v) is 9.79. The molecule has 1 aromatic carbocycles. The molecule has 0 saturated carbocycles. The Hall–Kier alpha value is -2.97. The van der Waals surface area contributed by atoms with Crippen molar-refractivity contribution >= 4 is 44.7 Å². The third kappa shape index (κ3) is 3.69. The van der Waals surface area contributed by atoms with Gasteiger partial charge in [0.25, 0.3) is 0 Å². The van der Waals surface area contributed by atoms with E-state index >= 15 is 0 Å². The lowest BCUT2D eigenvalue weighted by molar-refractivity contribution is 0.0786. The second kappa shape index (κ2) is 6.88. The highest BCUT2D eigenvalue weighted by Crippen LogP contribution is 2.33. The van der Waals surface area contributed by atoms with E-state index in [1.54, 1.807) is 36.1 Å². The Balaban J connectivity index is 1.74. The van der Waals surface area contributed by atoms with E-state index in [1.807, 2.05) is 37.5 Å². The first kappa shape index (κ1) is 18.4. The Kier molecular flexibility index (Phi) is 4.52. The third-order valence-corrected chi connectivity index (χ3v) is 5.40. The maximum atomic E-state index is 10.3. The van der Waals surface area contributed by atoms with Crippen LogP contribution in [0.25, 0.3) is 10.2 Å². The molecule has 4 aromatic rings. The zero-order chi connectivity index (χ0) is 19.9. The molecule has 0 amide bonds. The number of hydrogen-bond donors (Lipinski definition) is 3. The summed E-state index contributed by atoms with van der Waals surface area (Å²) in [7, 11) is 1.86. The van der Waals surface area contributed by atoms with E-state index in [0.29, 0.717) is 5.95 Å². The molecule has 7 nitrogen and oxygen atoms in total. The number of benzene rings is 1. The van der Waals surface area contributed by atoms with Gasteiger partial charge in [-0.15, -0.1) is 11.3 Å². The molecule has 0 aliphatic heterocycles. The van der Waals surface area contributed by atoms with E-state index < -0.39 is 5.60 Å². The molecular formula is C20H22N6OS. The predicted octanol–water partition coefficient (Wildman–Crippen LogP) is 4.45. The topological polar surface area (TPSA) is 87.9 Å². The minimum Gasteiger partial charge on any atom is -0.386 e. The van der Waals surface area contributed by atoms with Gasteiger partial charge in [0.05, 0.1) is 22.9 Å². The van der Waals surface area contributed by atoms with Crippen LogP contribution in [0.15, 0.2) is 42.0 Å². The van der Waals surface area contributed by atoms with Crippen molar-refractivity contribution in [3.63, 3.8) is 0 Å². The lowest BCUT2D eigenvalue weighted by Gasteiger charge is -2.19. The molecule has 0 aliphatic rings. The first-order valence-electron chi connectivity index (χ1n) is 8.91. The summed E-state index contributed by atoms with van der Waals surface area (Å²) in [5, 5.41) is 24.1. The van der Waals surface area contributed by atoms with Gasteiger partial charge >= 0.3 is 0 Å². The Bertz CT molecular complexity index is 1140. The summed E-state index contributed by atoms with van der Waals surface area (Å²) in [6.07, 6.45) is 3.60. The van der Waals surface area contributed by atoms with Gasteiger partial charge in [0.2, 0.25) is 5.95 Å². The van der Waals surface area contributed by atoms with E-state index in [9.17, 15) is 5.11 Å². The van der Waals surface area contributed by atoms with Gasteiger partial charge in [-0.3, -0.25) is 4.68 Å². The lowest BCUT2D eigenvalue weighted by atomic mass is 9.98. The minimum absolute atomic E-state index is 0.503. The number of aromatic nitrogens is 4. The molecule has 0 unspecified atom stereocenters. The van der Waals surface area contributed by atoms with Crippen LogP contribution in [0, 0.1) is 6.92 Å². The van der Waals surface area contributed by atoms with Gasteiger partial charge in [0.15, 0.2) is 0 Å². The molecule has 144 valence electrons. The molecule has 0 radical (unpaired) electrons. The smallest absolute Gasteiger partial charge is 0.230 e. The molecule has 28 heavy (non-hydrogen) atoms. The second-order valence-corrected chi connectivity index (χ2v) is 8.15. The number of nitrogens with one attached hydrogen (secondary N) is 2. The zero-order valence-electron chi connectivity index (χ0n) is 16.2. The largest absolute Gasteiger partial charge is 0.386 e. The van der Waals surface area contributed by atoms with E-state index in [0.717, 1.165) is 38.5 Å². The monoisotopic (exact) mass is 394 g/mol. The van der Waals surface area contributed by atoms with E-state index in [4.69, 9.17) is 4.98 Å². The van der Waals surface area contributed by atoms with Crippen molar-refractivity contribution in [1.29, 1.82) is 0 Å². The molecule has 3 aromatic heterocycles. The number of hydrogen-bond acceptors (Lipinski definition) is 7. The summed E-state index contributed by atoms with van der Waals surface area (Å²) in [6.45, 7) is 5.59. The van der Waals surface area contributed by atoms with Gasteiger partial charge < -0.3 is 15.7 Å². The van der Waals surface area contributed by atoms with Crippen LogP contribution in [0.2, 0.25) is 0 Å². The van der Waals surface area contributed by atoms with Crippen molar-refractivity contribution in [3.8, 4) is 0 Å². The fourth-order valence-corrected chi connectivity index (χ4v) is 3.88. The third-order valence-electron chi connectivity index (χ3n) is 4.41. The molecule has 3 N–H and O–H groups in total. The van der Waals surface area contributed by atoms with Gasteiger partial charge in [0.1, 0.15) is 10.6 Å². The van der Waals surface area contributed by atoms with Crippen LogP contribution >= 0.6 is 11.3 Å². The number of aryl methyl sites for hydroxylation is 2. The van der Waals surface area contributed by atoms with Gasteiger partial charge in [0, 0.05) is 18.9 Å². The summed E-state index contributed by atoms with van der Waals surface area (Å²) < 4.78 is 1.72. The molecule has 0 spiro atoms. The predicted molar refractivity (Wildman–Crippen MR) is 114 cm³/mol. The Morgan fingerprint density at radius 1 is 1.14 bits per heavy atom. The summed E-state index contributed by atoms with van der Waals surface area (Å²) in [5.74, 6) is 1.23. The number of fused-ring (bicyclic) bond motifs is 1. The standard InChI is InChI=1S/C20H22N6OS/c1-12-11-28-18-16(12)17(22-14-7-5-6-13(8-14)20(2,3)27)24-19(25-18)23-15-9-21-26(4)10-15/h5-11,27H,1-4H3,(H2,22,23,24,25). The molecule has 0 bridgehead atoms. The fourth-order valence-electron chi connectivity index (χ4n) is 2.96. The highest BCUT2D eigenvalue weighted by molar-refractivity contribution is 7.17. The molecular weight excluding hydrogens is 372 g/mol. The Labute approximate surface area is 167 Å². The normalized spacial score (nSPS) is 11.8. The van der Waals surface area contributed by atoms with Crippen LogP contribution in [0.1, 0.15) is 25.0 Å². The first-order chi connectivity index (χ1) is 13.3. The van der Waals surface area contributed by atoms with Crippen LogP contribution in [-0.4, -0.2) is 24.9 Å². The van der Waals surface area contributed by atoms with Crippen LogP contribution in [0.4, 0.5) is 23.1 Å². The number of aliphatic hydroxyl groups is 1. The molecule has 4 rings (SSSR count). The molecule has 0 atom stereocenters. The SMILES string of the molecule is Cc1csc2nc(Nc3cnn(C)c3)nc(Nc3cccc(C(C)(C)O)c3)c12. The van der Waals surface area contributed by atoms with Crippen LogP contribution in [-0.2, 0) is 12.6 Å². The quantitative estimate of drug-likeness (QED) is 0.464. The van der Waals surface area contributed by atoms with Crippen molar-refractivity contribution in [2.24, 2.45) is 7.05 Å². The number of rotatable bonds is 5. The van der Waals surface area contributed by atoms with Gasteiger partial charge in [-0.05, 0) is 49.4 Å². The summed E-state index contributed by atoms with van der Waals surface area (Å²) in [4.78, 5) is 10.2. The molecule has 8 heteroatoms. The molecule has 0 fully saturated rings. The van der Waals surface area contributed by atoms with Crippen LogP contribution < -0.4 is 10.6 Å². The van der Waals surface area contributed by atoms with Crippen molar-refractivity contribution in [2.75, 3.05) is 10.6 Å². The second-order valence-electron chi connectivity index (χ2n) is 7.29. The van der Waals surface area contributed by atoms with Crippen molar-refractivity contribution in [1.82, 2.24) is 19.7 Å².